The van der Waals surface area contributed by atoms with Crippen LogP contribution in [0.25, 0.3) is 0 Å². The molecule has 0 aromatic rings. The minimum atomic E-state index is -2.47. The van der Waals surface area contributed by atoms with E-state index in [-0.39, 0.29) is 6.29 Å². The summed E-state index contributed by atoms with van der Waals surface area (Å²) in [5.74, 6) is -3.51. The number of carbonyl (C=O) groups is 3. The van der Waals surface area contributed by atoms with Crippen LogP contribution in [0.1, 0.15) is 0 Å². The van der Waals surface area contributed by atoms with Gasteiger partial charge in [-0.3, -0.25) is 19.7 Å². The number of aliphatic carboxylic acids is 1. The van der Waals surface area contributed by atoms with Crippen molar-refractivity contribution in [1.29, 1.82) is 0 Å². The molecule has 1 N–H and O–H groups in total. The number of hydrogen-bond donors (Lipinski definition) is 1. The summed E-state index contributed by atoms with van der Waals surface area (Å²) in [5.41, 5.74) is 0. The van der Waals surface area contributed by atoms with Crippen LogP contribution in [-0.4, -0.2) is 34.1 Å². The minimum absolute atomic E-state index is 0.387. The fraction of sp³-hybridized carbons (Fsp3) is 0.250. The van der Waals surface area contributed by atoms with E-state index in [1.165, 1.54) is 0 Å². The summed E-state index contributed by atoms with van der Waals surface area (Å²) < 4.78 is 0. The fourth-order valence-corrected chi connectivity index (χ4v) is 0.380. The quantitative estimate of drug-likeness (QED) is 0.176. The van der Waals surface area contributed by atoms with E-state index in [2.05, 4.69) is 0 Å². The molecule has 0 saturated heterocycles. The molecule has 0 spiro atoms. The van der Waals surface area contributed by atoms with Crippen molar-refractivity contribution in [2.45, 2.75) is 6.04 Å². The van der Waals surface area contributed by atoms with Crippen LogP contribution in [0.4, 0.5) is 0 Å². The molecular weight excluding hydrogens is 158 g/mol. The monoisotopic (exact) mass is 161 g/mol. The normalized spacial score (nSPS) is 11.6. The SMILES string of the molecule is O=CC(=O)[C@H](C(=O)O)[N+](=O)[O-]. The average molecular weight is 161 g/mol. The Labute approximate surface area is 59.8 Å². The van der Waals surface area contributed by atoms with Crippen molar-refractivity contribution in [3.05, 3.63) is 10.1 Å². The zero-order valence-corrected chi connectivity index (χ0v) is 5.09. The Morgan fingerprint density at radius 2 is 2.00 bits per heavy atom. The Morgan fingerprint density at radius 1 is 1.55 bits per heavy atom. The van der Waals surface area contributed by atoms with Crippen LogP contribution in [-0.2, 0) is 14.4 Å². The first kappa shape index (κ1) is 9.21. The van der Waals surface area contributed by atoms with Crippen LogP contribution in [0, 0.1) is 10.1 Å². The fourth-order valence-electron chi connectivity index (χ4n) is 0.380. The maximum Gasteiger partial charge on any atom is 0.388 e. The molecule has 60 valence electrons. The summed E-state index contributed by atoms with van der Waals surface area (Å²) in [7, 11) is 0. The lowest BCUT2D eigenvalue weighted by atomic mass is 10.2. The summed E-state index contributed by atoms with van der Waals surface area (Å²) >= 11 is 0. The van der Waals surface area contributed by atoms with Gasteiger partial charge in [0.2, 0.25) is 0 Å². The molecular formula is C4H3NO6. The second kappa shape index (κ2) is 3.40. The van der Waals surface area contributed by atoms with Crippen LogP contribution < -0.4 is 0 Å². The molecule has 7 nitrogen and oxygen atoms in total. The first-order valence-corrected chi connectivity index (χ1v) is 2.36. The highest BCUT2D eigenvalue weighted by Crippen LogP contribution is 1.90. The van der Waals surface area contributed by atoms with Gasteiger partial charge in [0.25, 0.3) is 5.78 Å². The number of ketones is 1. The number of nitrogens with zero attached hydrogens (tertiary/aromatic N) is 1. The Kier molecular flexibility index (Phi) is 2.84. The molecule has 0 aliphatic heterocycles. The number of aldehydes is 1. The molecule has 0 aromatic carbocycles. The van der Waals surface area contributed by atoms with Crippen LogP contribution in [0.15, 0.2) is 0 Å². The summed E-state index contributed by atoms with van der Waals surface area (Å²) in [4.78, 5) is 38.2. The molecule has 1 atom stereocenters. The van der Waals surface area contributed by atoms with Gasteiger partial charge in [-0.25, -0.2) is 4.79 Å². The molecule has 0 bridgehead atoms. The van der Waals surface area contributed by atoms with Gasteiger partial charge in [-0.15, -0.1) is 0 Å². The van der Waals surface area contributed by atoms with Crippen molar-refractivity contribution in [2.24, 2.45) is 0 Å². The molecule has 7 heteroatoms. The van der Waals surface area contributed by atoms with Crippen molar-refractivity contribution in [3.63, 3.8) is 0 Å². The average Bonchev–Trinajstić information content (AvgIpc) is 1.85. The lowest BCUT2D eigenvalue weighted by Gasteiger charge is -1.96. The molecule has 0 radical (unpaired) electrons. The van der Waals surface area contributed by atoms with Gasteiger partial charge < -0.3 is 5.11 Å². The Hall–Kier alpha value is -1.79. The lowest BCUT2D eigenvalue weighted by Crippen LogP contribution is -2.37. The lowest BCUT2D eigenvalue weighted by molar-refractivity contribution is -0.495. The number of rotatable bonds is 4. The number of nitro groups is 1. The third kappa shape index (κ3) is 2.12. The molecule has 0 rings (SSSR count). The molecule has 0 amide bonds. The zero-order chi connectivity index (χ0) is 9.02. The van der Waals surface area contributed by atoms with E-state index in [0.29, 0.717) is 0 Å². The Morgan fingerprint density at radius 3 is 2.09 bits per heavy atom. The highest BCUT2D eigenvalue weighted by Gasteiger charge is 2.37. The summed E-state index contributed by atoms with van der Waals surface area (Å²) in [6.45, 7) is 0. The van der Waals surface area contributed by atoms with Crippen molar-refractivity contribution in [2.75, 3.05) is 0 Å². The van der Waals surface area contributed by atoms with Gasteiger partial charge in [0.15, 0.2) is 6.29 Å². The summed E-state index contributed by atoms with van der Waals surface area (Å²) in [5, 5.41) is 17.8. The third-order valence-electron chi connectivity index (χ3n) is 0.830. The van der Waals surface area contributed by atoms with Crippen LogP contribution in [0.5, 0.6) is 0 Å². The number of hydrogen-bond acceptors (Lipinski definition) is 5. The first-order valence-electron chi connectivity index (χ1n) is 2.36. The molecule has 0 fully saturated rings. The molecule has 11 heavy (non-hydrogen) atoms. The van der Waals surface area contributed by atoms with Crippen molar-refractivity contribution in [3.8, 4) is 0 Å². The molecule has 0 unspecified atom stereocenters. The third-order valence-corrected chi connectivity index (χ3v) is 0.830. The van der Waals surface area contributed by atoms with E-state index in [9.17, 15) is 24.5 Å². The zero-order valence-electron chi connectivity index (χ0n) is 5.09. The highest BCUT2D eigenvalue weighted by atomic mass is 16.6. The second-order valence-electron chi connectivity index (χ2n) is 1.55. The number of carboxylic acid groups (broad SMARTS) is 1. The maximum atomic E-state index is 10.2. The number of carbonyl (C=O) groups excluding carboxylic acids is 2. The van der Waals surface area contributed by atoms with E-state index in [0.717, 1.165) is 0 Å². The number of Topliss-reactive ketones (excluding diaryl/α,β-unsaturated/α-hetero) is 1. The van der Waals surface area contributed by atoms with Gasteiger partial charge in [-0.1, -0.05) is 0 Å². The second-order valence-corrected chi connectivity index (χ2v) is 1.55. The van der Waals surface area contributed by atoms with Gasteiger partial charge in [0.1, 0.15) is 0 Å². The molecule has 0 aromatic heterocycles. The van der Waals surface area contributed by atoms with Crippen LogP contribution in [0.2, 0.25) is 0 Å². The van der Waals surface area contributed by atoms with Gasteiger partial charge >= 0.3 is 12.0 Å². The largest absolute Gasteiger partial charge is 0.476 e. The van der Waals surface area contributed by atoms with E-state index in [1.54, 1.807) is 0 Å². The van der Waals surface area contributed by atoms with Crippen LogP contribution >= 0.6 is 0 Å². The summed E-state index contributed by atoms with van der Waals surface area (Å²) in [6.07, 6.45) is -0.387. The summed E-state index contributed by atoms with van der Waals surface area (Å²) in [6, 6.07) is -2.47. The van der Waals surface area contributed by atoms with E-state index in [4.69, 9.17) is 5.11 Å². The molecule has 0 aliphatic rings. The van der Waals surface area contributed by atoms with Crippen LogP contribution in [0.3, 0.4) is 0 Å². The predicted octanol–water partition coefficient (Wildman–Crippen LogP) is -1.52. The minimum Gasteiger partial charge on any atom is -0.476 e. The molecule has 0 aliphatic carbocycles. The maximum absolute atomic E-state index is 10.2. The Balaban J connectivity index is 4.60. The smallest absolute Gasteiger partial charge is 0.388 e. The van der Waals surface area contributed by atoms with Gasteiger partial charge in [0.05, 0.1) is 0 Å². The van der Waals surface area contributed by atoms with Gasteiger partial charge in [-0.2, -0.15) is 0 Å². The van der Waals surface area contributed by atoms with E-state index < -0.39 is 22.7 Å². The molecule has 0 saturated carbocycles. The van der Waals surface area contributed by atoms with E-state index >= 15 is 0 Å². The first-order chi connectivity index (χ1) is 5.00. The van der Waals surface area contributed by atoms with Crippen molar-refractivity contribution in [1.82, 2.24) is 0 Å². The highest BCUT2D eigenvalue weighted by molar-refractivity contribution is 6.31. The van der Waals surface area contributed by atoms with Gasteiger partial charge in [-0.05, 0) is 0 Å². The number of carboxylic acids is 1. The predicted molar refractivity (Wildman–Crippen MR) is 29.5 cm³/mol. The van der Waals surface area contributed by atoms with Crippen molar-refractivity contribution < 1.29 is 24.4 Å². The van der Waals surface area contributed by atoms with Gasteiger partial charge in [0, 0.05) is 4.92 Å². The molecule has 0 heterocycles. The topological polar surface area (TPSA) is 115 Å². The Bertz CT molecular complexity index is 207. The standard InChI is InChI=1S/C4H3NO6/c6-1-2(7)3(4(8)9)5(10)11/h1,3H,(H,8,9)/t3-/m1/s1. The van der Waals surface area contributed by atoms with E-state index in [1.807, 2.05) is 0 Å². The van der Waals surface area contributed by atoms with Crippen molar-refractivity contribution >= 4 is 18.0 Å².